The summed E-state index contributed by atoms with van der Waals surface area (Å²) in [6, 6.07) is 0. The Morgan fingerprint density at radius 2 is 2.44 bits per heavy atom. The molecule has 0 spiro atoms. The van der Waals surface area contributed by atoms with E-state index in [2.05, 4.69) is 5.10 Å². The first-order valence-electron chi connectivity index (χ1n) is 5.00. The lowest BCUT2D eigenvalue weighted by Gasteiger charge is -2.12. The highest BCUT2D eigenvalue weighted by molar-refractivity contribution is 5.38. The minimum atomic E-state index is -0.497. The van der Waals surface area contributed by atoms with E-state index >= 15 is 0 Å². The predicted octanol–water partition coefficient (Wildman–Crippen LogP) is 0.742. The molecule has 7 nitrogen and oxygen atoms in total. The van der Waals surface area contributed by atoms with Gasteiger partial charge in [-0.2, -0.15) is 0 Å². The van der Waals surface area contributed by atoms with Crippen molar-refractivity contribution in [2.45, 2.75) is 13.0 Å². The first-order valence-corrected chi connectivity index (χ1v) is 5.00. The van der Waals surface area contributed by atoms with Gasteiger partial charge in [0.05, 0.1) is 18.1 Å². The van der Waals surface area contributed by atoms with Crippen molar-refractivity contribution in [2.24, 2.45) is 13.0 Å². The van der Waals surface area contributed by atoms with Crippen LogP contribution in [0.5, 0.6) is 5.88 Å². The van der Waals surface area contributed by atoms with E-state index in [0.29, 0.717) is 13.2 Å². The normalized spacial score (nSPS) is 24.6. The van der Waals surface area contributed by atoms with E-state index < -0.39 is 4.92 Å². The van der Waals surface area contributed by atoms with E-state index in [1.54, 1.807) is 7.05 Å². The van der Waals surface area contributed by atoms with Gasteiger partial charge >= 0.3 is 11.6 Å². The van der Waals surface area contributed by atoms with Gasteiger partial charge in [0.1, 0.15) is 12.3 Å². The molecule has 1 fully saturated rings. The summed E-state index contributed by atoms with van der Waals surface area (Å²) >= 11 is 0. The maximum absolute atomic E-state index is 10.7. The van der Waals surface area contributed by atoms with Crippen LogP contribution in [-0.4, -0.2) is 34.0 Å². The van der Waals surface area contributed by atoms with Crippen molar-refractivity contribution >= 4 is 5.69 Å². The maximum Gasteiger partial charge on any atom is 0.350 e. The van der Waals surface area contributed by atoms with Crippen LogP contribution in [0.4, 0.5) is 5.69 Å². The monoisotopic (exact) mass is 227 g/mol. The highest BCUT2D eigenvalue weighted by atomic mass is 16.6. The van der Waals surface area contributed by atoms with E-state index in [-0.39, 0.29) is 23.6 Å². The molecule has 2 atom stereocenters. The van der Waals surface area contributed by atoms with Crippen molar-refractivity contribution in [1.29, 1.82) is 0 Å². The van der Waals surface area contributed by atoms with Crippen LogP contribution in [0.25, 0.3) is 0 Å². The summed E-state index contributed by atoms with van der Waals surface area (Å²) in [7, 11) is 1.62. The summed E-state index contributed by atoms with van der Waals surface area (Å²) in [5, 5.41) is 14.7. The SMILES string of the molecule is C[C@H]1COC[C@@H]1Oc1nn(C)cc1[N+](=O)[O-]. The second-order valence-electron chi connectivity index (χ2n) is 3.92. The molecule has 0 amide bonds. The second kappa shape index (κ2) is 4.09. The fourth-order valence-corrected chi connectivity index (χ4v) is 1.60. The third kappa shape index (κ3) is 1.99. The number of aryl methyl sites for hydroxylation is 1. The molecule has 0 aromatic carbocycles. The quantitative estimate of drug-likeness (QED) is 0.562. The number of nitro groups is 1. The zero-order valence-electron chi connectivity index (χ0n) is 9.12. The van der Waals surface area contributed by atoms with E-state index in [0.717, 1.165) is 0 Å². The van der Waals surface area contributed by atoms with Gasteiger partial charge < -0.3 is 9.47 Å². The molecule has 1 aliphatic heterocycles. The first-order chi connectivity index (χ1) is 7.58. The average molecular weight is 227 g/mol. The zero-order valence-corrected chi connectivity index (χ0v) is 9.12. The van der Waals surface area contributed by atoms with Gasteiger partial charge in [-0.05, 0) is 0 Å². The summed E-state index contributed by atoms with van der Waals surface area (Å²) in [5.74, 6) is 0.288. The van der Waals surface area contributed by atoms with Crippen molar-refractivity contribution in [3.05, 3.63) is 16.3 Å². The largest absolute Gasteiger partial charge is 0.466 e. The lowest BCUT2D eigenvalue weighted by atomic mass is 10.1. The molecule has 88 valence electrons. The molecular weight excluding hydrogens is 214 g/mol. The number of hydrogen-bond donors (Lipinski definition) is 0. The minimum Gasteiger partial charge on any atom is -0.466 e. The minimum absolute atomic E-state index is 0.0647. The van der Waals surface area contributed by atoms with E-state index in [1.165, 1.54) is 10.9 Å². The summed E-state index contributed by atoms with van der Waals surface area (Å²) in [6.45, 7) is 3.05. The number of nitrogens with zero attached hydrogens (tertiary/aromatic N) is 3. The van der Waals surface area contributed by atoms with Crippen molar-refractivity contribution in [1.82, 2.24) is 9.78 Å². The molecule has 7 heteroatoms. The van der Waals surface area contributed by atoms with Gasteiger partial charge in [0.25, 0.3) is 0 Å². The third-order valence-electron chi connectivity index (χ3n) is 2.53. The third-order valence-corrected chi connectivity index (χ3v) is 2.53. The molecule has 0 radical (unpaired) electrons. The van der Waals surface area contributed by atoms with Crippen LogP contribution >= 0.6 is 0 Å². The summed E-state index contributed by atoms with van der Waals surface area (Å²) in [4.78, 5) is 10.2. The van der Waals surface area contributed by atoms with Crippen LogP contribution in [0.2, 0.25) is 0 Å². The van der Waals surface area contributed by atoms with Crippen molar-refractivity contribution in [3.63, 3.8) is 0 Å². The summed E-state index contributed by atoms with van der Waals surface area (Å²) in [5.41, 5.74) is -0.110. The molecule has 2 rings (SSSR count). The number of aromatic nitrogens is 2. The second-order valence-corrected chi connectivity index (χ2v) is 3.92. The number of rotatable bonds is 3. The molecule has 1 aromatic rings. The molecule has 0 aliphatic carbocycles. The summed E-state index contributed by atoms with van der Waals surface area (Å²) < 4.78 is 12.1. The molecule has 1 aliphatic rings. The Morgan fingerprint density at radius 3 is 3.00 bits per heavy atom. The fraction of sp³-hybridized carbons (Fsp3) is 0.667. The number of ether oxygens (including phenoxy) is 2. The molecule has 0 bridgehead atoms. The topological polar surface area (TPSA) is 79.4 Å². The van der Waals surface area contributed by atoms with Crippen molar-refractivity contribution in [3.8, 4) is 5.88 Å². The van der Waals surface area contributed by atoms with Crippen LogP contribution in [0.3, 0.4) is 0 Å². The van der Waals surface area contributed by atoms with Crippen LogP contribution in [0, 0.1) is 16.0 Å². The van der Waals surface area contributed by atoms with Gasteiger partial charge in [0.15, 0.2) is 0 Å². The van der Waals surface area contributed by atoms with Gasteiger partial charge in [-0.1, -0.05) is 6.92 Å². The summed E-state index contributed by atoms with van der Waals surface area (Å²) in [6.07, 6.45) is 1.17. The van der Waals surface area contributed by atoms with Gasteiger partial charge in [-0.3, -0.25) is 14.8 Å². The fourth-order valence-electron chi connectivity index (χ4n) is 1.60. The predicted molar refractivity (Wildman–Crippen MR) is 54.3 cm³/mol. The van der Waals surface area contributed by atoms with Gasteiger partial charge in [-0.15, -0.1) is 5.10 Å². The molecule has 0 saturated carbocycles. The molecule has 16 heavy (non-hydrogen) atoms. The molecule has 0 unspecified atom stereocenters. The Balaban J connectivity index is 2.17. The van der Waals surface area contributed by atoms with Crippen molar-refractivity contribution in [2.75, 3.05) is 13.2 Å². The zero-order chi connectivity index (χ0) is 11.7. The maximum atomic E-state index is 10.7. The van der Waals surface area contributed by atoms with Crippen LogP contribution in [0.15, 0.2) is 6.20 Å². The highest BCUT2D eigenvalue weighted by Crippen LogP contribution is 2.27. The Kier molecular flexibility index (Phi) is 2.78. The lowest BCUT2D eigenvalue weighted by molar-refractivity contribution is -0.386. The standard InChI is InChI=1S/C9H13N3O4/c1-6-4-15-5-8(6)16-9-7(12(13)14)3-11(2)10-9/h3,6,8H,4-5H2,1-2H3/t6-,8-/m0/s1. The smallest absolute Gasteiger partial charge is 0.350 e. The van der Waals surface area contributed by atoms with E-state index in [4.69, 9.17) is 9.47 Å². The van der Waals surface area contributed by atoms with Gasteiger partial charge in [-0.25, -0.2) is 0 Å². The van der Waals surface area contributed by atoms with Crippen molar-refractivity contribution < 1.29 is 14.4 Å². The van der Waals surface area contributed by atoms with Gasteiger partial charge in [0.2, 0.25) is 0 Å². The Morgan fingerprint density at radius 1 is 1.69 bits per heavy atom. The molecule has 0 N–H and O–H groups in total. The Bertz CT molecular complexity index is 403. The van der Waals surface area contributed by atoms with Gasteiger partial charge in [0, 0.05) is 13.0 Å². The highest BCUT2D eigenvalue weighted by Gasteiger charge is 2.30. The number of hydrogen-bond acceptors (Lipinski definition) is 5. The van der Waals surface area contributed by atoms with E-state index in [1.807, 2.05) is 6.92 Å². The molecule has 1 aromatic heterocycles. The van der Waals surface area contributed by atoms with Crippen LogP contribution in [0.1, 0.15) is 6.92 Å². The Hall–Kier alpha value is -1.63. The first kappa shape index (κ1) is 10.9. The lowest BCUT2D eigenvalue weighted by Crippen LogP contribution is -2.23. The van der Waals surface area contributed by atoms with Crippen LogP contribution in [-0.2, 0) is 11.8 Å². The molecule has 1 saturated heterocycles. The Labute approximate surface area is 92.1 Å². The molecular formula is C9H13N3O4. The van der Waals surface area contributed by atoms with Crippen LogP contribution < -0.4 is 4.74 Å². The van der Waals surface area contributed by atoms with E-state index in [9.17, 15) is 10.1 Å². The molecule has 2 heterocycles. The average Bonchev–Trinajstić information content (AvgIpc) is 2.75.